The van der Waals surface area contributed by atoms with Crippen LogP contribution < -0.4 is 5.32 Å². The Morgan fingerprint density at radius 3 is 3.00 bits per heavy atom. The van der Waals surface area contributed by atoms with Gasteiger partial charge in [0.1, 0.15) is 6.33 Å². The molecule has 16 heavy (non-hydrogen) atoms. The molecule has 0 saturated heterocycles. The fourth-order valence-corrected chi connectivity index (χ4v) is 1.23. The van der Waals surface area contributed by atoms with Crippen LogP contribution in [0.2, 0.25) is 0 Å². The minimum Gasteiger partial charge on any atom is -0.466 e. The molecule has 1 N–H and O–H groups in total. The fraction of sp³-hybridized carbons (Fsp3) is 0.700. The lowest BCUT2D eigenvalue weighted by Crippen LogP contribution is -2.28. The monoisotopic (exact) mass is 226 g/mol. The first-order valence-corrected chi connectivity index (χ1v) is 5.35. The second-order valence-electron chi connectivity index (χ2n) is 3.62. The van der Waals surface area contributed by atoms with Crippen molar-refractivity contribution in [3.63, 3.8) is 0 Å². The smallest absolute Gasteiger partial charge is 0.309 e. The molecule has 0 fully saturated rings. The molecule has 6 nitrogen and oxygen atoms in total. The van der Waals surface area contributed by atoms with Crippen molar-refractivity contribution in [2.75, 3.05) is 13.2 Å². The zero-order valence-electron chi connectivity index (χ0n) is 9.93. The number of aryl methyl sites for hydroxylation is 1. The maximum absolute atomic E-state index is 11.3. The van der Waals surface area contributed by atoms with Gasteiger partial charge in [-0.15, -0.1) is 0 Å². The Morgan fingerprint density at radius 1 is 1.69 bits per heavy atom. The minimum absolute atomic E-state index is 0.149. The van der Waals surface area contributed by atoms with Crippen LogP contribution in [0.5, 0.6) is 0 Å². The van der Waals surface area contributed by atoms with Crippen molar-refractivity contribution in [1.29, 1.82) is 0 Å². The number of nitrogens with zero attached hydrogens (tertiary/aromatic N) is 3. The van der Waals surface area contributed by atoms with E-state index in [2.05, 4.69) is 15.4 Å². The molecular formula is C10H18N4O2. The Hall–Kier alpha value is -1.43. The van der Waals surface area contributed by atoms with Crippen LogP contribution in [0.25, 0.3) is 0 Å². The van der Waals surface area contributed by atoms with E-state index in [9.17, 15) is 4.79 Å². The number of carbonyl (C=O) groups is 1. The number of esters is 1. The van der Waals surface area contributed by atoms with Gasteiger partial charge in [0, 0.05) is 13.6 Å². The molecule has 1 rings (SSSR count). The number of carbonyl (C=O) groups excluding carboxylic acids is 1. The summed E-state index contributed by atoms with van der Waals surface area (Å²) in [4.78, 5) is 15.4. The topological polar surface area (TPSA) is 69.0 Å². The first-order valence-electron chi connectivity index (χ1n) is 5.35. The number of rotatable bonds is 6. The van der Waals surface area contributed by atoms with Gasteiger partial charge in [-0.05, 0) is 6.92 Å². The standard InChI is InChI=1S/C10H18N4O2/c1-4-16-10(15)8(2)5-11-6-9-12-7-14(3)13-9/h7-8,11H,4-6H2,1-3H3. The van der Waals surface area contributed by atoms with Gasteiger partial charge in [0.2, 0.25) is 0 Å². The number of hydrogen-bond donors (Lipinski definition) is 1. The maximum Gasteiger partial charge on any atom is 0.309 e. The Bertz CT molecular complexity index is 337. The highest BCUT2D eigenvalue weighted by Gasteiger charge is 2.13. The SMILES string of the molecule is CCOC(=O)C(C)CNCc1ncn(C)n1. The summed E-state index contributed by atoms with van der Waals surface area (Å²) in [6, 6.07) is 0. The van der Waals surface area contributed by atoms with E-state index in [4.69, 9.17) is 4.74 Å². The third-order valence-electron chi connectivity index (χ3n) is 2.07. The first-order chi connectivity index (χ1) is 7.63. The van der Waals surface area contributed by atoms with E-state index in [1.807, 2.05) is 14.0 Å². The molecule has 1 aromatic rings. The molecule has 1 heterocycles. The predicted molar refractivity (Wildman–Crippen MR) is 58.5 cm³/mol. The summed E-state index contributed by atoms with van der Waals surface area (Å²) in [7, 11) is 1.82. The zero-order valence-corrected chi connectivity index (χ0v) is 9.93. The highest BCUT2D eigenvalue weighted by Crippen LogP contribution is 1.97. The number of nitrogens with one attached hydrogen (secondary N) is 1. The lowest BCUT2D eigenvalue weighted by Gasteiger charge is -2.10. The second-order valence-corrected chi connectivity index (χ2v) is 3.62. The van der Waals surface area contributed by atoms with Gasteiger partial charge in [-0.25, -0.2) is 4.98 Å². The average molecular weight is 226 g/mol. The van der Waals surface area contributed by atoms with Gasteiger partial charge in [-0.1, -0.05) is 6.92 Å². The van der Waals surface area contributed by atoms with Gasteiger partial charge in [0.15, 0.2) is 5.82 Å². The Morgan fingerprint density at radius 2 is 2.44 bits per heavy atom. The highest BCUT2D eigenvalue weighted by molar-refractivity contribution is 5.72. The van der Waals surface area contributed by atoms with Gasteiger partial charge >= 0.3 is 5.97 Å². The fourth-order valence-electron chi connectivity index (χ4n) is 1.23. The third kappa shape index (κ3) is 3.98. The summed E-state index contributed by atoms with van der Waals surface area (Å²) in [6.45, 7) is 5.18. The molecule has 1 aromatic heterocycles. The van der Waals surface area contributed by atoms with Gasteiger partial charge in [-0.2, -0.15) is 5.10 Å². The summed E-state index contributed by atoms with van der Waals surface area (Å²) in [6.07, 6.45) is 1.64. The van der Waals surface area contributed by atoms with E-state index < -0.39 is 0 Å². The van der Waals surface area contributed by atoms with E-state index in [1.165, 1.54) is 0 Å². The number of hydrogen-bond acceptors (Lipinski definition) is 5. The van der Waals surface area contributed by atoms with Crippen LogP contribution in [-0.2, 0) is 23.1 Å². The number of ether oxygens (including phenoxy) is 1. The lowest BCUT2D eigenvalue weighted by atomic mass is 10.2. The van der Waals surface area contributed by atoms with E-state index in [0.29, 0.717) is 19.7 Å². The molecule has 0 spiro atoms. The molecule has 6 heteroatoms. The summed E-state index contributed by atoms with van der Waals surface area (Å²) < 4.78 is 6.54. The van der Waals surface area contributed by atoms with Crippen LogP contribution in [0.1, 0.15) is 19.7 Å². The zero-order chi connectivity index (χ0) is 12.0. The molecule has 0 bridgehead atoms. The Balaban J connectivity index is 2.22. The van der Waals surface area contributed by atoms with Crippen LogP contribution in [0.4, 0.5) is 0 Å². The van der Waals surface area contributed by atoms with Crippen molar-refractivity contribution in [1.82, 2.24) is 20.1 Å². The molecule has 1 atom stereocenters. The van der Waals surface area contributed by atoms with Crippen molar-refractivity contribution in [3.8, 4) is 0 Å². The molecule has 0 aliphatic rings. The van der Waals surface area contributed by atoms with Crippen molar-refractivity contribution in [2.24, 2.45) is 13.0 Å². The van der Waals surface area contributed by atoms with Crippen molar-refractivity contribution in [2.45, 2.75) is 20.4 Å². The second kappa shape index (κ2) is 6.22. The summed E-state index contributed by atoms with van der Waals surface area (Å²) in [5.41, 5.74) is 0. The molecular weight excluding hydrogens is 208 g/mol. The third-order valence-corrected chi connectivity index (χ3v) is 2.07. The normalized spacial score (nSPS) is 12.4. The minimum atomic E-state index is -0.177. The van der Waals surface area contributed by atoms with E-state index >= 15 is 0 Å². The van der Waals surface area contributed by atoms with Crippen molar-refractivity contribution >= 4 is 5.97 Å². The van der Waals surface area contributed by atoms with Crippen LogP contribution in [-0.4, -0.2) is 33.9 Å². The molecule has 0 aliphatic carbocycles. The predicted octanol–water partition coefficient (Wildman–Crippen LogP) is 0.104. The highest BCUT2D eigenvalue weighted by atomic mass is 16.5. The number of aromatic nitrogens is 3. The molecule has 1 unspecified atom stereocenters. The molecule has 0 amide bonds. The van der Waals surface area contributed by atoms with Gasteiger partial charge in [0.25, 0.3) is 0 Å². The largest absolute Gasteiger partial charge is 0.466 e. The van der Waals surface area contributed by atoms with Crippen LogP contribution in [0, 0.1) is 5.92 Å². The molecule has 0 saturated carbocycles. The Kier molecular flexibility index (Phi) is 4.91. The van der Waals surface area contributed by atoms with E-state index in [0.717, 1.165) is 5.82 Å². The molecule has 0 aromatic carbocycles. The van der Waals surface area contributed by atoms with E-state index in [-0.39, 0.29) is 11.9 Å². The lowest BCUT2D eigenvalue weighted by molar-refractivity contribution is -0.147. The van der Waals surface area contributed by atoms with Crippen molar-refractivity contribution in [3.05, 3.63) is 12.2 Å². The van der Waals surface area contributed by atoms with Crippen LogP contribution in [0.3, 0.4) is 0 Å². The average Bonchev–Trinajstić information content (AvgIpc) is 2.64. The summed E-state index contributed by atoms with van der Waals surface area (Å²) in [5.74, 6) is 0.395. The summed E-state index contributed by atoms with van der Waals surface area (Å²) >= 11 is 0. The summed E-state index contributed by atoms with van der Waals surface area (Å²) in [5, 5.41) is 7.23. The van der Waals surface area contributed by atoms with Gasteiger partial charge in [-0.3, -0.25) is 9.48 Å². The van der Waals surface area contributed by atoms with Crippen LogP contribution in [0.15, 0.2) is 6.33 Å². The maximum atomic E-state index is 11.3. The van der Waals surface area contributed by atoms with E-state index in [1.54, 1.807) is 17.9 Å². The van der Waals surface area contributed by atoms with Gasteiger partial charge in [0.05, 0.1) is 19.1 Å². The van der Waals surface area contributed by atoms with Gasteiger partial charge < -0.3 is 10.1 Å². The molecule has 0 aliphatic heterocycles. The Labute approximate surface area is 95.0 Å². The van der Waals surface area contributed by atoms with Crippen molar-refractivity contribution < 1.29 is 9.53 Å². The molecule has 90 valence electrons. The quantitative estimate of drug-likeness (QED) is 0.697. The first kappa shape index (κ1) is 12.6. The van der Waals surface area contributed by atoms with Crippen LogP contribution >= 0.6 is 0 Å². The molecule has 0 radical (unpaired) electrons.